The highest BCUT2D eigenvalue weighted by molar-refractivity contribution is 5.20. The summed E-state index contributed by atoms with van der Waals surface area (Å²) in [7, 11) is 0. The summed E-state index contributed by atoms with van der Waals surface area (Å²) in [5, 5.41) is 12.5. The van der Waals surface area contributed by atoms with E-state index in [0.717, 1.165) is 56.1 Å². The third-order valence-electron chi connectivity index (χ3n) is 5.93. The summed E-state index contributed by atoms with van der Waals surface area (Å²) < 4.78 is 28.9. The number of halogens is 2. The van der Waals surface area contributed by atoms with Gasteiger partial charge in [0, 0.05) is 19.6 Å². The van der Waals surface area contributed by atoms with E-state index in [1.54, 1.807) is 10.7 Å². The lowest BCUT2D eigenvalue weighted by molar-refractivity contribution is 0.186. The lowest BCUT2D eigenvalue weighted by Crippen LogP contribution is -2.36. The Morgan fingerprint density at radius 3 is 2.55 bits per heavy atom. The Morgan fingerprint density at radius 2 is 1.77 bits per heavy atom. The summed E-state index contributed by atoms with van der Waals surface area (Å²) in [5.74, 6) is 0.227. The van der Waals surface area contributed by atoms with Crippen LogP contribution in [0.15, 0.2) is 48.5 Å². The maximum atomic E-state index is 13.7. The molecule has 1 aliphatic heterocycles. The van der Waals surface area contributed by atoms with Gasteiger partial charge in [-0.05, 0) is 71.8 Å². The SMILES string of the molecule is CCN1CCCN(C(Cc2ccc(F)cc2)c2nnnn2Cc2cccc(F)c2)CC1. The van der Waals surface area contributed by atoms with Gasteiger partial charge < -0.3 is 4.90 Å². The Hall–Kier alpha value is -2.71. The molecule has 0 amide bonds. The fraction of sp³-hybridized carbons (Fsp3) is 0.435. The van der Waals surface area contributed by atoms with Crippen LogP contribution >= 0.6 is 0 Å². The summed E-state index contributed by atoms with van der Waals surface area (Å²) in [5.41, 5.74) is 1.84. The molecule has 1 atom stereocenters. The number of benzene rings is 2. The number of hydrogen-bond acceptors (Lipinski definition) is 5. The zero-order chi connectivity index (χ0) is 21.6. The van der Waals surface area contributed by atoms with Gasteiger partial charge in [0.25, 0.3) is 0 Å². The molecule has 164 valence electrons. The molecule has 31 heavy (non-hydrogen) atoms. The number of nitrogens with zero attached hydrogens (tertiary/aromatic N) is 6. The lowest BCUT2D eigenvalue weighted by atomic mass is 10.0. The van der Waals surface area contributed by atoms with Crippen molar-refractivity contribution in [2.24, 2.45) is 0 Å². The van der Waals surface area contributed by atoms with Crippen LogP contribution in [0, 0.1) is 11.6 Å². The number of likely N-dealkylation sites (N-methyl/N-ethyl adjacent to an activating group) is 1. The first-order valence-electron chi connectivity index (χ1n) is 10.8. The molecule has 0 radical (unpaired) electrons. The Kier molecular flexibility index (Phi) is 6.99. The summed E-state index contributed by atoms with van der Waals surface area (Å²) in [6.45, 7) is 7.53. The van der Waals surface area contributed by atoms with E-state index in [1.165, 1.54) is 24.3 Å². The summed E-state index contributed by atoms with van der Waals surface area (Å²) in [6.07, 6.45) is 1.75. The Morgan fingerprint density at radius 1 is 0.935 bits per heavy atom. The number of rotatable bonds is 7. The Labute approximate surface area is 181 Å². The van der Waals surface area contributed by atoms with Gasteiger partial charge in [0.2, 0.25) is 0 Å². The van der Waals surface area contributed by atoms with Crippen molar-refractivity contribution >= 4 is 0 Å². The van der Waals surface area contributed by atoms with Crippen LogP contribution in [0.2, 0.25) is 0 Å². The topological polar surface area (TPSA) is 50.1 Å². The molecular weight excluding hydrogens is 398 g/mol. The second-order valence-corrected chi connectivity index (χ2v) is 7.99. The van der Waals surface area contributed by atoms with Gasteiger partial charge in [-0.2, -0.15) is 0 Å². The van der Waals surface area contributed by atoms with Crippen LogP contribution in [0.25, 0.3) is 0 Å². The maximum absolute atomic E-state index is 13.7. The molecule has 0 spiro atoms. The molecule has 1 aromatic heterocycles. The summed E-state index contributed by atoms with van der Waals surface area (Å²) >= 11 is 0. The molecule has 2 aromatic carbocycles. The van der Waals surface area contributed by atoms with Crippen molar-refractivity contribution in [2.75, 3.05) is 32.7 Å². The standard InChI is InChI=1S/C23H28F2N6/c1-2-29-11-4-12-30(14-13-29)22(16-18-7-9-20(24)10-8-18)23-26-27-28-31(23)17-19-5-3-6-21(25)15-19/h3,5-10,15,22H,2,4,11-14,16-17H2,1H3. The predicted molar refractivity (Wildman–Crippen MR) is 114 cm³/mol. The van der Waals surface area contributed by atoms with Crippen molar-refractivity contribution in [1.82, 2.24) is 30.0 Å². The molecule has 1 saturated heterocycles. The van der Waals surface area contributed by atoms with E-state index in [1.807, 2.05) is 18.2 Å². The normalized spacial score (nSPS) is 16.9. The first-order chi connectivity index (χ1) is 15.1. The first kappa shape index (κ1) is 21.5. The molecular formula is C23H28F2N6. The molecule has 1 fully saturated rings. The van der Waals surface area contributed by atoms with E-state index in [-0.39, 0.29) is 17.7 Å². The number of tetrazole rings is 1. The highest BCUT2D eigenvalue weighted by Crippen LogP contribution is 2.25. The van der Waals surface area contributed by atoms with Gasteiger partial charge in [-0.25, -0.2) is 13.5 Å². The van der Waals surface area contributed by atoms with Crippen LogP contribution in [0.5, 0.6) is 0 Å². The monoisotopic (exact) mass is 426 g/mol. The predicted octanol–water partition coefficient (Wildman–Crippen LogP) is 3.31. The molecule has 3 aromatic rings. The molecule has 0 saturated carbocycles. The van der Waals surface area contributed by atoms with Gasteiger partial charge in [-0.1, -0.05) is 31.2 Å². The lowest BCUT2D eigenvalue weighted by Gasteiger charge is -2.30. The van der Waals surface area contributed by atoms with E-state index < -0.39 is 0 Å². The van der Waals surface area contributed by atoms with Gasteiger partial charge in [0.05, 0.1) is 12.6 Å². The van der Waals surface area contributed by atoms with Gasteiger partial charge in [0.15, 0.2) is 5.82 Å². The molecule has 8 heteroatoms. The number of aromatic nitrogens is 4. The van der Waals surface area contributed by atoms with E-state index in [9.17, 15) is 8.78 Å². The molecule has 6 nitrogen and oxygen atoms in total. The molecule has 1 aliphatic rings. The van der Waals surface area contributed by atoms with Crippen molar-refractivity contribution in [2.45, 2.75) is 32.4 Å². The highest BCUT2D eigenvalue weighted by atomic mass is 19.1. The molecule has 1 unspecified atom stereocenters. The second kappa shape index (κ2) is 10.1. The summed E-state index contributed by atoms with van der Waals surface area (Å²) in [6, 6.07) is 13.1. The minimum atomic E-state index is -0.276. The zero-order valence-corrected chi connectivity index (χ0v) is 17.8. The van der Waals surface area contributed by atoms with E-state index in [2.05, 4.69) is 32.2 Å². The number of hydrogen-bond donors (Lipinski definition) is 0. The van der Waals surface area contributed by atoms with Crippen molar-refractivity contribution in [3.8, 4) is 0 Å². The average Bonchev–Trinajstić information content (AvgIpc) is 3.08. The minimum absolute atomic E-state index is 0.0502. The average molecular weight is 427 g/mol. The van der Waals surface area contributed by atoms with E-state index in [0.29, 0.717) is 13.0 Å². The quantitative estimate of drug-likeness (QED) is 0.580. The van der Waals surface area contributed by atoms with Crippen LogP contribution < -0.4 is 0 Å². The van der Waals surface area contributed by atoms with Crippen molar-refractivity contribution in [3.05, 3.63) is 77.1 Å². The first-order valence-corrected chi connectivity index (χ1v) is 10.8. The minimum Gasteiger partial charge on any atom is -0.302 e. The maximum Gasteiger partial charge on any atom is 0.169 e. The molecule has 0 bridgehead atoms. The van der Waals surface area contributed by atoms with Gasteiger partial charge in [-0.3, -0.25) is 4.90 Å². The molecule has 0 aliphatic carbocycles. The van der Waals surface area contributed by atoms with Crippen LogP contribution in [-0.2, 0) is 13.0 Å². The second-order valence-electron chi connectivity index (χ2n) is 7.99. The van der Waals surface area contributed by atoms with Crippen molar-refractivity contribution in [3.63, 3.8) is 0 Å². The van der Waals surface area contributed by atoms with Gasteiger partial charge >= 0.3 is 0 Å². The largest absolute Gasteiger partial charge is 0.302 e. The fourth-order valence-electron chi connectivity index (χ4n) is 4.22. The molecule has 2 heterocycles. The highest BCUT2D eigenvalue weighted by Gasteiger charge is 2.28. The van der Waals surface area contributed by atoms with E-state index in [4.69, 9.17) is 0 Å². The summed E-state index contributed by atoms with van der Waals surface area (Å²) in [4.78, 5) is 4.87. The van der Waals surface area contributed by atoms with Crippen molar-refractivity contribution < 1.29 is 8.78 Å². The molecule has 4 rings (SSSR count). The van der Waals surface area contributed by atoms with Crippen LogP contribution in [0.4, 0.5) is 8.78 Å². The zero-order valence-electron chi connectivity index (χ0n) is 17.8. The van der Waals surface area contributed by atoms with Crippen molar-refractivity contribution in [1.29, 1.82) is 0 Å². The molecule has 0 N–H and O–H groups in total. The van der Waals surface area contributed by atoms with Crippen LogP contribution in [0.1, 0.15) is 36.3 Å². The Bertz CT molecular complexity index is 974. The Balaban J connectivity index is 1.62. The van der Waals surface area contributed by atoms with Gasteiger partial charge in [-0.15, -0.1) is 5.10 Å². The third-order valence-corrected chi connectivity index (χ3v) is 5.93. The van der Waals surface area contributed by atoms with E-state index >= 15 is 0 Å². The smallest absolute Gasteiger partial charge is 0.169 e. The fourth-order valence-corrected chi connectivity index (χ4v) is 4.22. The van der Waals surface area contributed by atoms with Gasteiger partial charge in [0.1, 0.15) is 11.6 Å². The van der Waals surface area contributed by atoms with Crippen LogP contribution in [-0.4, -0.2) is 62.7 Å². The van der Waals surface area contributed by atoms with Crippen LogP contribution in [0.3, 0.4) is 0 Å². The third kappa shape index (κ3) is 5.51.